The van der Waals surface area contributed by atoms with Gasteiger partial charge in [-0.25, -0.2) is 4.99 Å². The number of nitrogens with one attached hydrogen (secondary N) is 2. The van der Waals surface area contributed by atoms with Gasteiger partial charge in [-0.1, -0.05) is 26.0 Å². The van der Waals surface area contributed by atoms with Crippen LogP contribution in [0, 0.1) is 10.1 Å². The molecule has 0 radical (unpaired) electrons. The molecule has 1 aromatic rings. The van der Waals surface area contributed by atoms with Gasteiger partial charge in [0.25, 0.3) is 5.69 Å². The van der Waals surface area contributed by atoms with Gasteiger partial charge in [0.1, 0.15) is 0 Å². The molecular weight excluding hydrogens is 330 g/mol. The van der Waals surface area contributed by atoms with Crippen molar-refractivity contribution in [3.8, 4) is 0 Å². The summed E-state index contributed by atoms with van der Waals surface area (Å²) >= 11 is 0. The zero-order valence-corrected chi connectivity index (χ0v) is 16.1. The SMILES string of the molecule is CCC(C)NC(=NCc1ccc([N+](=O)[O-])cc1)NCC1CCCN1CC. The second-order valence-corrected chi connectivity index (χ2v) is 6.85. The summed E-state index contributed by atoms with van der Waals surface area (Å²) in [6.45, 7) is 10.1. The topological polar surface area (TPSA) is 82.8 Å². The van der Waals surface area contributed by atoms with E-state index in [0.717, 1.165) is 31.0 Å². The second kappa shape index (κ2) is 10.1. The van der Waals surface area contributed by atoms with Crippen LogP contribution in [-0.4, -0.2) is 47.5 Å². The summed E-state index contributed by atoms with van der Waals surface area (Å²) < 4.78 is 0. The first kappa shape index (κ1) is 20.2. The van der Waals surface area contributed by atoms with Crippen molar-refractivity contribution in [3.05, 3.63) is 39.9 Å². The van der Waals surface area contributed by atoms with Gasteiger partial charge in [-0.05, 0) is 44.8 Å². The van der Waals surface area contributed by atoms with E-state index in [9.17, 15) is 10.1 Å². The lowest BCUT2D eigenvalue weighted by Crippen LogP contribution is -2.47. The number of hydrogen-bond donors (Lipinski definition) is 2. The molecule has 7 heteroatoms. The number of non-ortho nitro benzene ring substituents is 1. The molecule has 2 N–H and O–H groups in total. The Morgan fingerprint density at radius 2 is 2.12 bits per heavy atom. The van der Waals surface area contributed by atoms with Crippen molar-refractivity contribution < 1.29 is 4.92 Å². The van der Waals surface area contributed by atoms with Crippen LogP contribution in [0.15, 0.2) is 29.3 Å². The van der Waals surface area contributed by atoms with E-state index in [1.54, 1.807) is 12.1 Å². The normalized spacial score (nSPS) is 19.3. The molecule has 1 aromatic carbocycles. The van der Waals surface area contributed by atoms with Crippen molar-refractivity contribution in [1.82, 2.24) is 15.5 Å². The van der Waals surface area contributed by atoms with Gasteiger partial charge in [-0.2, -0.15) is 0 Å². The lowest BCUT2D eigenvalue weighted by Gasteiger charge is -2.25. The van der Waals surface area contributed by atoms with Gasteiger partial charge < -0.3 is 10.6 Å². The Kier molecular flexibility index (Phi) is 7.84. The lowest BCUT2D eigenvalue weighted by molar-refractivity contribution is -0.384. The van der Waals surface area contributed by atoms with Crippen molar-refractivity contribution in [2.45, 2.75) is 58.7 Å². The summed E-state index contributed by atoms with van der Waals surface area (Å²) in [5, 5.41) is 17.7. The van der Waals surface area contributed by atoms with Crippen LogP contribution in [0.4, 0.5) is 5.69 Å². The Labute approximate surface area is 156 Å². The summed E-state index contributed by atoms with van der Waals surface area (Å²) in [5.41, 5.74) is 1.06. The number of nitro groups is 1. The summed E-state index contributed by atoms with van der Waals surface area (Å²) in [6, 6.07) is 7.47. The predicted octanol–water partition coefficient (Wildman–Crippen LogP) is 2.91. The standard InChI is InChI=1S/C19H31N5O2/c1-4-15(3)22-19(21-14-18-7-6-12-23(18)5-2)20-13-16-8-10-17(11-9-16)24(25)26/h8-11,15,18H,4-7,12-14H2,1-3H3,(H2,20,21,22). The zero-order chi connectivity index (χ0) is 18.9. The fraction of sp³-hybridized carbons (Fsp3) is 0.632. The molecule has 1 fully saturated rings. The molecule has 0 spiro atoms. The van der Waals surface area contributed by atoms with Gasteiger partial charge in [0.2, 0.25) is 0 Å². The summed E-state index contributed by atoms with van der Waals surface area (Å²) in [7, 11) is 0. The van der Waals surface area contributed by atoms with Crippen LogP contribution >= 0.6 is 0 Å². The van der Waals surface area contributed by atoms with Crippen LogP contribution in [0.2, 0.25) is 0 Å². The molecule has 1 aliphatic heterocycles. The minimum absolute atomic E-state index is 0.106. The molecule has 0 aromatic heterocycles. The van der Waals surface area contributed by atoms with E-state index >= 15 is 0 Å². The Morgan fingerprint density at radius 1 is 1.38 bits per heavy atom. The van der Waals surface area contributed by atoms with Crippen LogP contribution in [0.25, 0.3) is 0 Å². The first-order valence-corrected chi connectivity index (χ1v) is 9.55. The number of nitrogens with zero attached hydrogens (tertiary/aromatic N) is 3. The maximum atomic E-state index is 10.7. The summed E-state index contributed by atoms with van der Waals surface area (Å²) in [5.74, 6) is 0.806. The Morgan fingerprint density at radius 3 is 2.73 bits per heavy atom. The number of aliphatic imine (C=N–C) groups is 1. The molecule has 1 saturated heterocycles. The largest absolute Gasteiger partial charge is 0.355 e. The molecule has 7 nitrogen and oxygen atoms in total. The minimum atomic E-state index is -0.383. The van der Waals surface area contributed by atoms with E-state index in [1.807, 2.05) is 0 Å². The van der Waals surface area contributed by atoms with Gasteiger partial charge in [0.15, 0.2) is 5.96 Å². The average molecular weight is 361 g/mol. The van der Waals surface area contributed by atoms with Crippen LogP contribution in [0.3, 0.4) is 0 Å². The third kappa shape index (κ3) is 5.98. The van der Waals surface area contributed by atoms with Gasteiger partial charge in [0, 0.05) is 30.8 Å². The zero-order valence-electron chi connectivity index (χ0n) is 16.1. The fourth-order valence-corrected chi connectivity index (χ4v) is 3.14. The van der Waals surface area contributed by atoms with Crippen molar-refractivity contribution in [3.63, 3.8) is 0 Å². The Hall–Kier alpha value is -2.15. The number of rotatable bonds is 8. The molecule has 144 valence electrons. The average Bonchev–Trinajstić information content (AvgIpc) is 3.11. The van der Waals surface area contributed by atoms with E-state index in [0.29, 0.717) is 18.6 Å². The van der Waals surface area contributed by atoms with E-state index in [4.69, 9.17) is 0 Å². The highest BCUT2D eigenvalue weighted by atomic mass is 16.6. The van der Waals surface area contributed by atoms with E-state index in [-0.39, 0.29) is 10.6 Å². The van der Waals surface area contributed by atoms with Crippen molar-refractivity contribution in [1.29, 1.82) is 0 Å². The number of nitro benzene ring substituents is 1. The molecule has 0 saturated carbocycles. The summed E-state index contributed by atoms with van der Waals surface area (Å²) in [6.07, 6.45) is 3.50. The number of benzene rings is 1. The number of guanidine groups is 1. The highest BCUT2D eigenvalue weighted by Gasteiger charge is 2.22. The van der Waals surface area contributed by atoms with Gasteiger partial charge >= 0.3 is 0 Å². The number of hydrogen-bond acceptors (Lipinski definition) is 4. The first-order valence-electron chi connectivity index (χ1n) is 9.55. The van der Waals surface area contributed by atoms with E-state index in [1.165, 1.54) is 31.5 Å². The lowest BCUT2D eigenvalue weighted by atomic mass is 10.2. The van der Waals surface area contributed by atoms with Crippen molar-refractivity contribution >= 4 is 11.6 Å². The van der Waals surface area contributed by atoms with Crippen molar-refractivity contribution in [2.24, 2.45) is 4.99 Å². The molecule has 1 aliphatic rings. The molecule has 0 aliphatic carbocycles. The maximum absolute atomic E-state index is 10.7. The molecule has 2 atom stereocenters. The smallest absolute Gasteiger partial charge is 0.269 e. The quantitative estimate of drug-likeness (QED) is 0.322. The number of likely N-dealkylation sites (N-methyl/N-ethyl adjacent to an activating group) is 1. The van der Waals surface area contributed by atoms with Crippen LogP contribution in [0.1, 0.15) is 45.6 Å². The number of likely N-dealkylation sites (tertiary alicyclic amines) is 1. The van der Waals surface area contributed by atoms with Gasteiger partial charge in [-0.3, -0.25) is 15.0 Å². The molecule has 26 heavy (non-hydrogen) atoms. The van der Waals surface area contributed by atoms with E-state index < -0.39 is 0 Å². The fourth-order valence-electron chi connectivity index (χ4n) is 3.14. The van der Waals surface area contributed by atoms with E-state index in [2.05, 4.69) is 41.3 Å². The minimum Gasteiger partial charge on any atom is -0.355 e. The first-order chi connectivity index (χ1) is 12.5. The van der Waals surface area contributed by atoms with Gasteiger partial charge in [0.05, 0.1) is 11.5 Å². The van der Waals surface area contributed by atoms with Crippen molar-refractivity contribution in [2.75, 3.05) is 19.6 Å². The Bertz CT molecular complexity index is 602. The van der Waals surface area contributed by atoms with Crippen LogP contribution in [0.5, 0.6) is 0 Å². The molecule has 2 unspecified atom stereocenters. The highest BCUT2D eigenvalue weighted by Crippen LogP contribution is 2.15. The molecule has 1 heterocycles. The third-order valence-corrected chi connectivity index (χ3v) is 4.97. The monoisotopic (exact) mass is 361 g/mol. The summed E-state index contributed by atoms with van der Waals surface area (Å²) in [4.78, 5) is 17.5. The third-order valence-electron chi connectivity index (χ3n) is 4.97. The molecular formula is C19H31N5O2. The Balaban J connectivity index is 1.98. The molecule has 2 rings (SSSR count). The molecule has 0 amide bonds. The van der Waals surface area contributed by atoms with Gasteiger partial charge in [-0.15, -0.1) is 0 Å². The highest BCUT2D eigenvalue weighted by molar-refractivity contribution is 5.80. The van der Waals surface area contributed by atoms with Crippen LogP contribution < -0.4 is 10.6 Å². The second-order valence-electron chi connectivity index (χ2n) is 6.85. The molecule has 0 bridgehead atoms. The predicted molar refractivity (Wildman–Crippen MR) is 105 cm³/mol. The maximum Gasteiger partial charge on any atom is 0.269 e. The van der Waals surface area contributed by atoms with Crippen LogP contribution in [-0.2, 0) is 6.54 Å².